The lowest BCUT2D eigenvalue weighted by atomic mass is 10.0. The summed E-state index contributed by atoms with van der Waals surface area (Å²) in [7, 11) is 0. The summed E-state index contributed by atoms with van der Waals surface area (Å²) >= 11 is 0. The lowest BCUT2D eigenvalue weighted by Crippen LogP contribution is -2.32. The molecule has 0 spiro atoms. The van der Waals surface area contributed by atoms with Crippen LogP contribution in [0.25, 0.3) is 0 Å². The topological polar surface area (TPSA) is 49.3 Å². The minimum Gasteiger partial charge on any atom is -0.395 e. The molecule has 0 heterocycles. The third-order valence-electron chi connectivity index (χ3n) is 1.77. The summed E-state index contributed by atoms with van der Waals surface area (Å²) < 4.78 is 0. The quantitative estimate of drug-likeness (QED) is 0.614. The van der Waals surface area contributed by atoms with E-state index in [-0.39, 0.29) is 18.4 Å². The molecule has 11 heavy (non-hydrogen) atoms. The van der Waals surface area contributed by atoms with Gasteiger partial charge in [0.25, 0.3) is 0 Å². The largest absolute Gasteiger partial charge is 0.395 e. The first-order valence-electron chi connectivity index (χ1n) is 4.14. The number of hydrogen-bond donors (Lipinski definition) is 2. The zero-order valence-electron chi connectivity index (χ0n) is 7.26. The molecule has 0 aromatic carbocycles. The van der Waals surface area contributed by atoms with Crippen LogP contribution in [0.1, 0.15) is 26.7 Å². The number of aliphatic hydroxyl groups excluding tert-OH is 1. The molecule has 0 unspecified atom stereocenters. The first kappa shape index (κ1) is 10.4. The summed E-state index contributed by atoms with van der Waals surface area (Å²) in [4.78, 5) is 11.1. The van der Waals surface area contributed by atoms with Gasteiger partial charge >= 0.3 is 0 Å². The normalized spacial score (nSPS) is 10.2. The molecule has 0 fully saturated rings. The summed E-state index contributed by atoms with van der Waals surface area (Å²) in [6.07, 6.45) is 1.74. The van der Waals surface area contributed by atoms with E-state index in [1.807, 2.05) is 13.8 Å². The van der Waals surface area contributed by atoms with Crippen molar-refractivity contribution in [2.24, 2.45) is 5.92 Å². The predicted molar refractivity (Wildman–Crippen MR) is 44.2 cm³/mol. The van der Waals surface area contributed by atoms with Crippen molar-refractivity contribution in [3.8, 4) is 0 Å². The van der Waals surface area contributed by atoms with Crippen molar-refractivity contribution in [3.63, 3.8) is 0 Å². The molecule has 0 saturated heterocycles. The van der Waals surface area contributed by atoms with E-state index in [0.717, 1.165) is 12.8 Å². The van der Waals surface area contributed by atoms with E-state index in [9.17, 15) is 4.79 Å². The van der Waals surface area contributed by atoms with E-state index in [2.05, 4.69) is 5.32 Å². The van der Waals surface area contributed by atoms with Gasteiger partial charge in [0.05, 0.1) is 6.61 Å². The maximum Gasteiger partial charge on any atom is 0.223 e. The summed E-state index contributed by atoms with van der Waals surface area (Å²) in [6, 6.07) is 0. The molecule has 0 bridgehead atoms. The second-order valence-corrected chi connectivity index (χ2v) is 2.53. The number of amides is 1. The van der Waals surface area contributed by atoms with Gasteiger partial charge in [0.2, 0.25) is 5.91 Å². The first-order valence-corrected chi connectivity index (χ1v) is 4.14. The van der Waals surface area contributed by atoms with E-state index in [1.54, 1.807) is 0 Å². The van der Waals surface area contributed by atoms with Crippen LogP contribution >= 0.6 is 0 Å². The Hall–Kier alpha value is -0.570. The van der Waals surface area contributed by atoms with Crippen LogP contribution < -0.4 is 5.32 Å². The highest BCUT2D eigenvalue weighted by Gasteiger charge is 2.12. The molecule has 0 saturated carbocycles. The van der Waals surface area contributed by atoms with Gasteiger partial charge in [-0.15, -0.1) is 0 Å². The van der Waals surface area contributed by atoms with Crippen molar-refractivity contribution in [2.45, 2.75) is 26.7 Å². The summed E-state index contributed by atoms with van der Waals surface area (Å²) in [6.45, 7) is 4.38. The number of aliphatic hydroxyl groups is 1. The monoisotopic (exact) mass is 159 g/mol. The fourth-order valence-electron chi connectivity index (χ4n) is 0.983. The van der Waals surface area contributed by atoms with E-state index in [1.165, 1.54) is 0 Å². The van der Waals surface area contributed by atoms with E-state index < -0.39 is 0 Å². The average Bonchev–Trinajstić information content (AvgIpc) is 2.03. The Morgan fingerprint density at radius 2 is 2.00 bits per heavy atom. The van der Waals surface area contributed by atoms with Crippen molar-refractivity contribution in [2.75, 3.05) is 13.2 Å². The highest BCUT2D eigenvalue weighted by atomic mass is 16.3. The zero-order chi connectivity index (χ0) is 8.69. The van der Waals surface area contributed by atoms with Gasteiger partial charge in [-0.05, 0) is 12.8 Å². The molecule has 0 aliphatic carbocycles. The number of carbonyl (C=O) groups excluding carboxylic acids is 1. The van der Waals surface area contributed by atoms with E-state index in [4.69, 9.17) is 5.11 Å². The van der Waals surface area contributed by atoms with Crippen LogP contribution in [0.5, 0.6) is 0 Å². The first-order chi connectivity index (χ1) is 5.26. The van der Waals surface area contributed by atoms with Crippen molar-refractivity contribution >= 4 is 5.91 Å². The fraction of sp³-hybridized carbons (Fsp3) is 0.875. The Morgan fingerprint density at radius 3 is 2.36 bits per heavy atom. The highest BCUT2D eigenvalue weighted by molar-refractivity contribution is 5.78. The predicted octanol–water partition coefficient (Wildman–Crippen LogP) is 0.531. The molecule has 0 rings (SSSR count). The van der Waals surface area contributed by atoms with Crippen LogP contribution in [0.3, 0.4) is 0 Å². The van der Waals surface area contributed by atoms with Gasteiger partial charge in [0, 0.05) is 12.5 Å². The second kappa shape index (κ2) is 6.16. The van der Waals surface area contributed by atoms with Gasteiger partial charge < -0.3 is 10.4 Å². The summed E-state index contributed by atoms with van der Waals surface area (Å²) in [5, 5.41) is 11.1. The number of carbonyl (C=O) groups is 1. The average molecular weight is 159 g/mol. The molecule has 0 atom stereocenters. The Kier molecular flexibility index (Phi) is 5.84. The molecule has 3 nitrogen and oxygen atoms in total. The van der Waals surface area contributed by atoms with Crippen LogP contribution in [-0.2, 0) is 4.79 Å². The minimum atomic E-state index is 0.0197. The van der Waals surface area contributed by atoms with Gasteiger partial charge in [-0.3, -0.25) is 4.79 Å². The Bertz CT molecular complexity index is 111. The van der Waals surface area contributed by atoms with Gasteiger partial charge in [-0.25, -0.2) is 0 Å². The molecule has 0 aromatic heterocycles. The number of rotatable bonds is 5. The van der Waals surface area contributed by atoms with Crippen LogP contribution in [0.15, 0.2) is 0 Å². The minimum absolute atomic E-state index is 0.0197. The molecule has 3 heteroatoms. The molecular formula is C8H17NO2. The smallest absolute Gasteiger partial charge is 0.223 e. The molecule has 1 amide bonds. The highest BCUT2D eigenvalue weighted by Crippen LogP contribution is 2.06. The lowest BCUT2D eigenvalue weighted by Gasteiger charge is -2.11. The van der Waals surface area contributed by atoms with Gasteiger partial charge in [0.15, 0.2) is 0 Å². The van der Waals surface area contributed by atoms with E-state index in [0.29, 0.717) is 6.54 Å². The van der Waals surface area contributed by atoms with Crippen molar-refractivity contribution in [1.82, 2.24) is 5.32 Å². The molecule has 0 aliphatic rings. The molecule has 0 radical (unpaired) electrons. The van der Waals surface area contributed by atoms with Crippen molar-refractivity contribution in [3.05, 3.63) is 0 Å². The van der Waals surface area contributed by atoms with Crippen LogP contribution in [0.2, 0.25) is 0 Å². The molecule has 0 aliphatic heterocycles. The van der Waals surface area contributed by atoms with Crippen LogP contribution in [0, 0.1) is 5.92 Å². The third-order valence-corrected chi connectivity index (χ3v) is 1.77. The van der Waals surface area contributed by atoms with E-state index >= 15 is 0 Å². The number of nitrogens with one attached hydrogen (secondary N) is 1. The maximum absolute atomic E-state index is 11.1. The SMILES string of the molecule is CCC(CC)C(=O)NCCO. The Balaban J connectivity index is 3.61. The van der Waals surface area contributed by atoms with Crippen LogP contribution in [0.4, 0.5) is 0 Å². The van der Waals surface area contributed by atoms with Crippen LogP contribution in [-0.4, -0.2) is 24.2 Å². The third kappa shape index (κ3) is 3.98. The lowest BCUT2D eigenvalue weighted by molar-refractivity contribution is -0.125. The Labute approximate surface area is 67.8 Å². The van der Waals surface area contributed by atoms with Gasteiger partial charge in [-0.2, -0.15) is 0 Å². The summed E-state index contributed by atoms with van der Waals surface area (Å²) in [5.41, 5.74) is 0. The van der Waals surface area contributed by atoms with Crippen molar-refractivity contribution in [1.29, 1.82) is 0 Å². The van der Waals surface area contributed by atoms with Gasteiger partial charge in [0.1, 0.15) is 0 Å². The molecule has 66 valence electrons. The molecule has 2 N–H and O–H groups in total. The maximum atomic E-state index is 11.1. The number of hydrogen-bond acceptors (Lipinski definition) is 2. The standard InChI is InChI=1S/C8H17NO2/c1-3-7(4-2)8(11)9-5-6-10/h7,10H,3-6H2,1-2H3,(H,9,11). The second-order valence-electron chi connectivity index (χ2n) is 2.53. The van der Waals surface area contributed by atoms with Crippen molar-refractivity contribution < 1.29 is 9.90 Å². The summed E-state index contributed by atoms with van der Waals surface area (Å²) in [5.74, 6) is 0.172. The fourth-order valence-corrected chi connectivity index (χ4v) is 0.983. The molecule has 0 aromatic rings. The zero-order valence-corrected chi connectivity index (χ0v) is 7.26. The molecular weight excluding hydrogens is 142 g/mol. The Morgan fingerprint density at radius 1 is 1.45 bits per heavy atom. The van der Waals surface area contributed by atoms with Gasteiger partial charge in [-0.1, -0.05) is 13.8 Å².